The molecular weight excluding hydrogens is 380 g/mol. The lowest BCUT2D eigenvalue weighted by molar-refractivity contribution is -0.134. The summed E-state index contributed by atoms with van der Waals surface area (Å²) in [6.45, 7) is 3.94. The summed E-state index contributed by atoms with van der Waals surface area (Å²) < 4.78 is 36.0. The molecule has 3 N–H and O–H groups in total. The predicted molar refractivity (Wildman–Crippen MR) is 103 cm³/mol. The summed E-state index contributed by atoms with van der Waals surface area (Å²) in [6, 6.07) is 0. The van der Waals surface area contributed by atoms with Crippen LogP contribution in [0.2, 0.25) is 0 Å². The van der Waals surface area contributed by atoms with E-state index in [1.54, 1.807) is 0 Å². The summed E-state index contributed by atoms with van der Waals surface area (Å²) >= 11 is 0. The number of fused-ring (bicyclic) bond motifs is 4. The second-order valence-electron chi connectivity index (χ2n) is 9.79. The van der Waals surface area contributed by atoms with Gasteiger partial charge < -0.3 is 10.2 Å². The van der Waals surface area contributed by atoms with Gasteiger partial charge in [0.05, 0.1) is 11.7 Å². The topological polar surface area (TPSA) is 104 Å². The van der Waals surface area contributed by atoms with Crippen molar-refractivity contribution in [3.63, 3.8) is 0 Å². The normalized spacial score (nSPS) is 48.4. The van der Waals surface area contributed by atoms with Crippen molar-refractivity contribution in [1.82, 2.24) is 0 Å². The standard InChI is InChI=1S/C21H30O6S/c1-4-21(23)10-8-17-18-16(7-9-19(17,21)2)15-6-5-14(27-28(24,25)26)11-13(15)12-20(18,3)22/h1,14,16-18,22-23H,5-12H2,2-3H3,(H,24,25,26)/t14-,16-,17+,18-,19+,20+,21+/m1/s1. The Hall–Kier alpha value is -0.910. The number of aliphatic hydroxyl groups is 2. The maximum absolute atomic E-state index is 11.5. The second-order valence-corrected chi connectivity index (χ2v) is 10.8. The number of hydrogen-bond acceptors (Lipinski definition) is 5. The number of terminal acetylenes is 1. The predicted octanol–water partition coefficient (Wildman–Crippen LogP) is 2.62. The molecule has 0 amide bonds. The molecule has 4 rings (SSSR count). The molecule has 0 bridgehead atoms. The Kier molecular flexibility index (Phi) is 4.58. The Morgan fingerprint density at radius 2 is 1.89 bits per heavy atom. The van der Waals surface area contributed by atoms with Crippen LogP contribution in [0.3, 0.4) is 0 Å². The van der Waals surface area contributed by atoms with E-state index in [1.165, 1.54) is 5.57 Å². The van der Waals surface area contributed by atoms with Crippen LogP contribution in [0.25, 0.3) is 0 Å². The van der Waals surface area contributed by atoms with Gasteiger partial charge in [-0.15, -0.1) is 6.42 Å². The van der Waals surface area contributed by atoms with E-state index in [-0.39, 0.29) is 17.8 Å². The van der Waals surface area contributed by atoms with Crippen molar-refractivity contribution in [2.24, 2.45) is 23.2 Å². The van der Waals surface area contributed by atoms with Crippen molar-refractivity contribution >= 4 is 10.4 Å². The highest BCUT2D eigenvalue weighted by Gasteiger charge is 2.64. The van der Waals surface area contributed by atoms with Gasteiger partial charge in [0.1, 0.15) is 5.60 Å². The summed E-state index contributed by atoms with van der Waals surface area (Å²) in [4.78, 5) is 0. The number of allylic oxidation sites excluding steroid dienone is 1. The molecule has 6 nitrogen and oxygen atoms in total. The highest BCUT2D eigenvalue weighted by molar-refractivity contribution is 7.80. The highest BCUT2D eigenvalue weighted by atomic mass is 32.3. The molecule has 0 spiro atoms. The lowest BCUT2D eigenvalue weighted by Crippen LogP contribution is -2.57. The van der Waals surface area contributed by atoms with Crippen molar-refractivity contribution in [1.29, 1.82) is 0 Å². The Morgan fingerprint density at radius 1 is 1.18 bits per heavy atom. The van der Waals surface area contributed by atoms with Gasteiger partial charge >= 0.3 is 10.4 Å². The fourth-order valence-corrected chi connectivity index (χ4v) is 7.60. The van der Waals surface area contributed by atoms with Crippen LogP contribution in [0.5, 0.6) is 0 Å². The largest absolute Gasteiger partial charge is 0.397 e. The van der Waals surface area contributed by atoms with E-state index in [1.807, 2.05) is 6.92 Å². The SMILES string of the molecule is C#C[C@]1(O)CC[C@H]2[C@H]3[C@H](CC[C@@]21C)C1=C(C[C@H](OS(=O)(=O)O)CC1)C[C@]3(C)O. The summed E-state index contributed by atoms with van der Waals surface area (Å²) in [5.74, 6) is 3.07. The highest BCUT2D eigenvalue weighted by Crippen LogP contribution is 2.66. The fourth-order valence-electron chi connectivity index (χ4n) is 7.09. The summed E-state index contributed by atoms with van der Waals surface area (Å²) in [7, 11) is -4.48. The van der Waals surface area contributed by atoms with Crippen molar-refractivity contribution in [2.45, 2.75) is 82.5 Å². The molecule has 2 fully saturated rings. The van der Waals surface area contributed by atoms with E-state index in [4.69, 9.17) is 15.2 Å². The van der Waals surface area contributed by atoms with E-state index < -0.39 is 33.1 Å². The molecule has 0 aromatic rings. The molecule has 0 radical (unpaired) electrons. The lowest BCUT2D eigenvalue weighted by atomic mass is 9.49. The number of rotatable bonds is 2. The van der Waals surface area contributed by atoms with E-state index in [2.05, 4.69) is 12.8 Å². The molecule has 156 valence electrons. The molecule has 28 heavy (non-hydrogen) atoms. The van der Waals surface area contributed by atoms with Crippen molar-refractivity contribution in [3.8, 4) is 12.3 Å². The molecule has 7 atom stereocenters. The van der Waals surface area contributed by atoms with Gasteiger partial charge in [0.25, 0.3) is 0 Å². The van der Waals surface area contributed by atoms with Crippen LogP contribution in [0.4, 0.5) is 0 Å². The Bertz CT molecular complexity index is 853. The first-order valence-electron chi connectivity index (χ1n) is 10.2. The van der Waals surface area contributed by atoms with Crippen LogP contribution in [-0.4, -0.2) is 40.5 Å². The lowest BCUT2D eigenvalue weighted by Gasteiger charge is -2.57. The molecule has 0 saturated heterocycles. The van der Waals surface area contributed by atoms with Gasteiger partial charge in [-0.1, -0.05) is 24.0 Å². The molecule has 0 aromatic heterocycles. The third-order valence-electron chi connectivity index (χ3n) is 8.32. The smallest absolute Gasteiger partial charge is 0.390 e. The van der Waals surface area contributed by atoms with Crippen molar-refractivity contribution in [2.75, 3.05) is 0 Å². The van der Waals surface area contributed by atoms with Crippen LogP contribution in [0, 0.1) is 35.5 Å². The first-order chi connectivity index (χ1) is 12.9. The second kappa shape index (κ2) is 6.29. The summed E-state index contributed by atoms with van der Waals surface area (Å²) in [5, 5.41) is 22.5. The maximum atomic E-state index is 11.5. The van der Waals surface area contributed by atoms with Crippen molar-refractivity contribution in [3.05, 3.63) is 11.1 Å². The molecule has 4 aliphatic carbocycles. The molecule has 7 heteroatoms. The first-order valence-corrected chi connectivity index (χ1v) is 11.6. The first kappa shape index (κ1) is 20.4. The van der Waals surface area contributed by atoms with Crippen LogP contribution in [0.15, 0.2) is 11.1 Å². The summed E-state index contributed by atoms with van der Waals surface area (Å²) in [6.07, 6.45) is 10.3. The molecule has 0 aromatic carbocycles. The van der Waals surface area contributed by atoms with Gasteiger partial charge in [-0.05, 0) is 76.0 Å². The monoisotopic (exact) mass is 410 g/mol. The van der Waals surface area contributed by atoms with E-state index in [0.29, 0.717) is 25.7 Å². The average molecular weight is 411 g/mol. The molecular formula is C21H30O6S. The Morgan fingerprint density at radius 3 is 2.54 bits per heavy atom. The zero-order chi connectivity index (χ0) is 20.5. The van der Waals surface area contributed by atoms with Gasteiger partial charge in [-0.3, -0.25) is 4.55 Å². The molecule has 0 heterocycles. The van der Waals surface area contributed by atoms with Crippen LogP contribution in [-0.2, 0) is 14.6 Å². The van der Waals surface area contributed by atoms with E-state index >= 15 is 0 Å². The Labute approximate surface area is 167 Å². The molecule has 4 aliphatic rings. The zero-order valence-corrected chi connectivity index (χ0v) is 17.3. The van der Waals surface area contributed by atoms with Crippen LogP contribution >= 0.6 is 0 Å². The van der Waals surface area contributed by atoms with Crippen LogP contribution in [0.1, 0.15) is 65.2 Å². The quantitative estimate of drug-likeness (QED) is 0.367. The van der Waals surface area contributed by atoms with Gasteiger partial charge in [0, 0.05) is 5.41 Å². The molecule has 2 saturated carbocycles. The third-order valence-corrected chi connectivity index (χ3v) is 8.83. The van der Waals surface area contributed by atoms with Gasteiger partial charge in [0.2, 0.25) is 0 Å². The van der Waals surface area contributed by atoms with Crippen LogP contribution < -0.4 is 0 Å². The van der Waals surface area contributed by atoms with Gasteiger partial charge in [-0.2, -0.15) is 8.42 Å². The number of hydrogen-bond donors (Lipinski definition) is 3. The van der Waals surface area contributed by atoms with Gasteiger partial charge in [-0.25, -0.2) is 4.18 Å². The minimum atomic E-state index is -4.48. The van der Waals surface area contributed by atoms with Crippen molar-refractivity contribution < 1.29 is 27.4 Å². The molecule has 0 aliphatic heterocycles. The fraction of sp³-hybridized carbons (Fsp3) is 0.810. The Balaban J connectivity index is 1.66. The zero-order valence-electron chi connectivity index (χ0n) is 16.5. The molecule has 0 unspecified atom stereocenters. The van der Waals surface area contributed by atoms with E-state index in [9.17, 15) is 18.6 Å². The van der Waals surface area contributed by atoms with Gasteiger partial charge in [0.15, 0.2) is 0 Å². The minimum Gasteiger partial charge on any atom is -0.390 e. The summed E-state index contributed by atoms with van der Waals surface area (Å²) in [5.41, 5.74) is -0.0647. The third kappa shape index (κ3) is 2.96. The maximum Gasteiger partial charge on any atom is 0.397 e. The average Bonchev–Trinajstić information content (AvgIpc) is 2.84. The van der Waals surface area contributed by atoms with E-state index in [0.717, 1.165) is 31.3 Å². The minimum absolute atomic E-state index is 0.0337.